The minimum absolute atomic E-state index is 0.00791. The van der Waals surface area contributed by atoms with Crippen molar-refractivity contribution in [2.45, 2.75) is 38.8 Å². The van der Waals surface area contributed by atoms with E-state index >= 15 is 0 Å². The first kappa shape index (κ1) is 29.3. The van der Waals surface area contributed by atoms with E-state index in [4.69, 9.17) is 5.73 Å². The molecule has 38 heavy (non-hydrogen) atoms. The summed E-state index contributed by atoms with van der Waals surface area (Å²) < 4.78 is 5.64. The zero-order chi connectivity index (χ0) is 28.2. The molecular formula is C25H30N6O7. The number of ether oxygens (including phenoxy) is 1. The van der Waals surface area contributed by atoms with Crippen LogP contribution in [0.4, 0.5) is 5.69 Å². The maximum atomic E-state index is 13.1. The highest BCUT2D eigenvalue weighted by molar-refractivity contribution is 6.02. The molecule has 13 heteroatoms. The number of nitrogens with two attached hydrogens (primary N) is 1. The predicted molar refractivity (Wildman–Crippen MR) is 138 cm³/mol. The third-order valence-corrected chi connectivity index (χ3v) is 5.24. The summed E-state index contributed by atoms with van der Waals surface area (Å²) in [5.74, 6) is -3.19. The van der Waals surface area contributed by atoms with Crippen molar-refractivity contribution in [3.8, 4) is 0 Å². The zero-order valence-corrected chi connectivity index (χ0v) is 21.0. The number of pyridine rings is 1. The highest BCUT2D eigenvalue weighted by Crippen LogP contribution is 2.08. The van der Waals surface area contributed by atoms with Gasteiger partial charge in [0.1, 0.15) is 24.0 Å². The molecule has 0 bridgehead atoms. The number of esters is 1. The molecule has 2 aromatic rings. The lowest BCUT2D eigenvalue weighted by Crippen LogP contribution is -2.44. The molecule has 0 radical (unpaired) electrons. The van der Waals surface area contributed by atoms with Crippen LogP contribution in [0, 0.1) is 0 Å². The van der Waals surface area contributed by atoms with E-state index in [-0.39, 0.29) is 36.3 Å². The number of hydrogen-bond donors (Lipinski definition) is 5. The molecule has 0 saturated carbocycles. The van der Waals surface area contributed by atoms with Gasteiger partial charge in [0.15, 0.2) is 0 Å². The van der Waals surface area contributed by atoms with E-state index in [2.05, 4.69) is 32.3 Å². The minimum Gasteiger partial charge on any atom is -0.466 e. The number of nitrogens with one attached hydrogen (secondary N) is 4. The van der Waals surface area contributed by atoms with Crippen LogP contribution in [0.1, 0.15) is 47.0 Å². The zero-order valence-electron chi connectivity index (χ0n) is 21.0. The number of carbonyl (C=O) groups excluding carboxylic acids is 5. The quantitative estimate of drug-likeness (QED) is 0.186. The third-order valence-electron chi connectivity index (χ3n) is 5.24. The molecule has 2 heterocycles. The van der Waals surface area contributed by atoms with Gasteiger partial charge in [-0.1, -0.05) is 19.6 Å². The van der Waals surface area contributed by atoms with Crippen LogP contribution in [0.25, 0.3) is 0 Å². The summed E-state index contributed by atoms with van der Waals surface area (Å²) in [4.78, 5) is 76.0. The lowest BCUT2D eigenvalue weighted by molar-refractivity contribution is -0.134. The molecule has 0 saturated heterocycles. The van der Waals surface area contributed by atoms with Crippen molar-refractivity contribution in [3.63, 3.8) is 0 Å². The summed E-state index contributed by atoms with van der Waals surface area (Å²) in [7, 11) is 1.22. The second kappa shape index (κ2) is 14.0. The standard InChI is InChI=1S/C25H30N6O7/c1-4-15(2)28-20(32)14-31-11-7-9-18(25(31)37)30-24(36)17(8-5-6-10-21(33)38-3)29-23(35)16-12-19(22(26)34)27-13-16/h6-7,9-13,17,27H,2,4-5,8,14H2,1,3H3,(H2,26,34)(H,28,32)(H,29,35)(H,30,36)/b10-6+. The van der Waals surface area contributed by atoms with Crippen LogP contribution in [0.2, 0.25) is 0 Å². The second-order valence-electron chi connectivity index (χ2n) is 8.04. The van der Waals surface area contributed by atoms with Crippen molar-refractivity contribution >= 4 is 35.3 Å². The van der Waals surface area contributed by atoms with Crippen LogP contribution in [0.15, 0.2) is 59.8 Å². The number of rotatable bonds is 13. The van der Waals surface area contributed by atoms with Crippen molar-refractivity contribution in [2.75, 3.05) is 12.4 Å². The Kier molecular flexibility index (Phi) is 10.8. The van der Waals surface area contributed by atoms with Gasteiger partial charge in [-0.3, -0.25) is 24.0 Å². The van der Waals surface area contributed by atoms with E-state index in [9.17, 15) is 28.8 Å². The summed E-state index contributed by atoms with van der Waals surface area (Å²) in [5, 5.41) is 7.60. The Morgan fingerprint density at radius 2 is 2.00 bits per heavy atom. The monoisotopic (exact) mass is 526 g/mol. The maximum Gasteiger partial charge on any atom is 0.330 e. The first-order chi connectivity index (χ1) is 18.0. The number of aromatic amines is 1. The molecule has 0 aromatic carbocycles. The number of H-pyrrole nitrogens is 1. The molecule has 1 atom stereocenters. The Hall–Kier alpha value is -4.94. The number of anilines is 1. The number of carbonyl (C=O) groups is 5. The first-order valence-corrected chi connectivity index (χ1v) is 11.6. The van der Waals surface area contributed by atoms with Crippen LogP contribution in [0.3, 0.4) is 0 Å². The van der Waals surface area contributed by atoms with Crippen molar-refractivity contribution < 1.29 is 28.7 Å². The Bertz CT molecular complexity index is 1310. The SMILES string of the molecule is C=C(CC)NC(=O)Cn1cccc(NC(=O)C(CC/C=C/C(=O)OC)NC(=O)c2c[nH]c(C(N)=O)c2)c1=O. The largest absolute Gasteiger partial charge is 0.466 e. The van der Waals surface area contributed by atoms with Crippen LogP contribution < -0.4 is 27.2 Å². The van der Waals surface area contributed by atoms with Crippen molar-refractivity contribution in [2.24, 2.45) is 5.73 Å². The molecule has 0 aliphatic rings. The van der Waals surface area contributed by atoms with E-state index in [0.717, 1.165) is 4.57 Å². The molecule has 2 aromatic heterocycles. The average Bonchev–Trinajstić information content (AvgIpc) is 3.38. The minimum atomic E-state index is -1.14. The summed E-state index contributed by atoms with van der Waals surface area (Å²) >= 11 is 0. The fourth-order valence-corrected chi connectivity index (χ4v) is 3.14. The number of hydrogen-bond acceptors (Lipinski definition) is 7. The molecular weight excluding hydrogens is 496 g/mol. The highest BCUT2D eigenvalue weighted by atomic mass is 16.5. The third kappa shape index (κ3) is 8.62. The molecule has 2 rings (SSSR count). The average molecular weight is 527 g/mol. The number of aromatic nitrogens is 2. The number of primary amides is 1. The number of allylic oxidation sites excluding steroid dienone is 2. The molecule has 13 nitrogen and oxygen atoms in total. The van der Waals surface area contributed by atoms with Gasteiger partial charge in [-0.05, 0) is 37.5 Å². The molecule has 0 fully saturated rings. The van der Waals surface area contributed by atoms with Crippen LogP contribution in [0.5, 0.6) is 0 Å². The summed E-state index contributed by atoms with van der Waals surface area (Å²) in [6, 6.07) is 2.94. The normalized spacial score (nSPS) is 11.4. The second-order valence-corrected chi connectivity index (χ2v) is 8.04. The van der Waals surface area contributed by atoms with E-state index in [0.29, 0.717) is 12.1 Å². The Morgan fingerprint density at radius 3 is 2.63 bits per heavy atom. The van der Waals surface area contributed by atoms with Gasteiger partial charge in [-0.25, -0.2) is 4.79 Å². The summed E-state index contributed by atoms with van der Waals surface area (Å²) in [5.41, 5.74) is 5.02. The van der Waals surface area contributed by atoms with Crippen molar-refractivity contribution in [3.05, 3.63) is 76.6 Å². The molecule has 4 amide bonds. The highest BCUT2D eigenvalue weighted by Gasteiger charge is 2.23. The summed E-state index contributed by atoms with van der Waals surface area (Å²) in [6.45, 7) is 5.21. The molecule has 0 aliphatic heterocycles. The van der Waals surface area contributed by atoms with Crippen LogP contribution >= 0.6 is 0 Å². The van der Waals surface area contributed by atoms with Gasteiger partial charge < -0.3 is 36.0 Å². The van der Waals surface area contributed by atoms with E-state index in [1.165, 1.54) is 49.9 Å². The fraction of sp³-hybridized carbons (Fsp3) is 0.280. The smallest absolute Gasteiger partial charge is 0.330 e. The van der Waals surface area contributed by atoms with Gasteiger partial charge in [0.05, 0.1) is 12.7 Å². The van der Waals surface area contributed by atoms with E-state index in [1.54, 1.807) is 0 Å². The van der Waals surface area contributed by atoms with E-state index < -0.39 is 41.2 Å². The first-order valence-electron chi connectivity index (χ1n) is 11.6. The molecule has 0 spiro atoms. The van der Waals surface area contributed by atoms with E-state index in [1.807, 2.05) is 6.92 Å². The van der Waals surface area contributed by atoms with Crippen molar-refractivity contribution in [1.82, 2.24) is 20.2 Å². The topological polar surface area (TPSA) is 194 Å². The number of methoxy groups -OCH3 is 1. The Labute approximate surface area is 218 Å². The summed E-state index contributed by atoms with van der Waals surface area (Å²) in [6.07, 6.45) is 6.09. The van der Waals surface area contributed by atoms with Gasteiger partial charge in [0.2, 0.25) is 11.8 Å². The molecule has 6 N–H and O–H groups in total. The lowest BCUT2D eigenvalue weighted by atomic mass is 10.1. The maximum absolute atomic E-state index is 13.1. The van der Waals surface area contributed by atoms with Gasteiger partial charge in [-0.2, -0.15) is 0 Å². The number of amides is 4. The lowest BCUT2D eigenvalue weighted by Gasteiger charge is -2.18. The van der Waals surface area contributed by atoms with Crippen LogP contribution in [-0.4, -0.2) is 52.3 Å². The van der Waals surface area contributed by atoms with Crippen molar-refractivity contribution in [1.29, 1.82) is 0 Å². The van der Waals surface area contributed by atoms with Gasteiger partial charge in [0, 0.05) is 24.2 Å². The Morgan fingerprint density at radius 1 is 1.26 bits per heavy atom. The Balaban J connectivity index is 2.20. The van der Waals surface area contributed by atoms with Gasteiger partial charge in [0.25, 0.3) is 17.4 Å². The van der Waals surface area contributed by atoms with Gasteiger partial charge in [-0.15, -0.1) is 0 Å². The van der Waals surface area contributed by atoms with Crippen LogP contribution in [-0.2, 0) is 25.7 Å². The molecule has 202 valence electrons. The molecule has 1 unspecified atom stereocenters. The molecule has 0 aliphatic carbocycles. The fourth-order valence-electron chi connectivity index (χ4n) is 3.14. The predicted octanol–water partition coefficient (Wildman–Crippen LogP) is 0.562. The number of nitrogens with zero attached hydrogens (tertiary/aromatic N) is 1. The van der Waals surface area contributed by atoms with Gasteiger partial charge >= 0.3 is 5.97 Å².